The molecule has 1 heterocycles. The number of hydrogen-bond acceptors (Lipinski definition) is 3. The quantitative estimate of drug-likeness (QED) is 0.880. The van der Waals surface area contributed by atoms with E-state index in [2.05, 4.69) is 28.5 Å². The summed E-state index contributed by atoms with van der Waals surface area (Å²) in [5.41, 5.74) is 7.23. The fraction of sp³-hybridized carbons (Fsp3) is 0.800. The summed E-state index contributed by atoms with van der Waals surface area (Å²) in [5.74, 6) is 2.90. The Labute approximate surface area is 116 Å². The average molecular weight is 262 g/mol. The molecule has 0 aromatic carbocycles. The number of likely N-dealkylation sites (N-methyl/N-ethyl adjacent to an activating group) is 1. The zero-order valence-corrected chi connectivity index (χ0v) is 12.1. The number of imidazole rings is 1. The molecule has 0 radical (unpaired) electrons. The van der Waals surface area contributed by atoms with Crippen LogP contribution in [0.25, 0.3) is 0 Å². The Morgan fingerprint density at radius 2 is 2.32 bits per heavy atom. The number of nitrogens with zero attached hydrogens (tertiary/aromatic N) is 3. The molecular formula is C15H26N4. The minimum absolute atomic E-state index is 0.298. The predicted molar refractivity (Wildman–Crippen MR) is 76.6 cm³/mol. The molecule has 4 unspecified atom stereocenters. The van der Waals surface area contributed by atoms with Gasteiger partial charge in [0.25, 0.3) is 0 Å². The molecule has 4 nitrogen and oxygen atoms in total. The van der Waals surface area contributed by atoms with Crippen molar-refractivity contribution in [3.63, 3.8) is 0 Å². The zero-order chi connectivity index (χ0) is 13.4. The summed E-state index contributed by atoms with van der Waals surface area (Å²) < 4.78 is 2.09. The minimum Gasteiger partial charge on any atom is -0.336 e. The molecule has 2 fully saturated rings. The third-order valence-corrected chi connectivity index (χ3v) is 5.36. The Morgan fingerprint density at radius 3 is 2.84 bits per heavy atom. The highest BCUT2D eigenvalue weighted by atomic mass is 15.2. The van der Waals surface area contributed by atoms with Crippen molar-refractivity contribution in [3.8, 4) is 0 Å². The normalized spacial score (nSPS) is 31.3. The minimum atomic E-state index is 0.298. The molecule has 2 aliphatic rings. The molecule has 2 saturated carbocycles. The fourth-order valence-electron chi connectivity index (χ4n) is 4.31. The van der Waals surface area contributed by atoms with Gasteiger partial charge in [-0.15, -0.1) is 0 Å². The van der Waals surface area contributed by atoms with Crippen molar-refractivity contribution in [1.82, 2.24) is 14.5 Å². The van der Waals surface area contributed by atoms with E-state index in [0.717, 1.165) is 17.8 Å². The second-order valence-electron chi connectivity index (χ2n) is 6.56. The summed E-state index contributed by atoms with van der Waals surface area (Å²) in [7, 11) is 4.27. The van der Waals surface area contributed by atoms with Gasteiger partial charge < -0.3 is 10.3 Å². The molecule has 0 aliphatic heterocycles. The number of fused-ring (bicyclic) bond motifs is 2. The Bertz CT molecular complexity index is 428. The molecule has 1 aromatic rings. The van der Waals surface area contributed by atoms with Gasteiger partial charge in [0.05, 0.1) is 18.1 Å². The molecule has 19 heavy (non-hydrogen) atoms. The van der Waals surface area contributed by atoms with Gasteiger partial charge in [-0.05, 0) is 44.1 Å². The van der Waals surface area contributed by atoms with Gasteiger partial charge in [-0.25, -0.2) is 4.98 Å². The van der Waals surface area contributed by atoms with Crippen LogP contribution in [0, 0.1) is 17.8 Å². The van der Waals surface area contributed by atoms with E-state index < -0.39 is 0 Å². The van der Waals surface area contributed by atoms with Crippen LogP contribution in [0.1, 0.15) is 37.4 Å². The fourth-order valence-corrected chi connectivity index (χ4v) is 4.31. The van der Waals surface area contributed by atoms with Gasteiger partial charge in [0.1, 0.15) is 0 Å². The summed E-state index contributed by atoms with van der Waals surface area (Å²) in [6.45, 7) is 1.85. The lowest BCUT2D eigenvalue weighted by atomic mass is 9.88. The highest BCUT2D eigenvalue weighted by Gasteiger charge is 2.40. The molecule has 2 bridgehead atoms. The van der Waals surface area contributed by atoms with E-state index in [1.807, 2.05) is 12.5 Å². The molecule has 2 aliphatic carbocycles. The van der Waals surface area contributed by atoms with Gasteiger partial charge in [0, 0.05) is 26.3 Å². The SMILES string of the molecule is CN(CC1CC2CCC1C2)C(CN)c1cncn1C. The van der Waals surface area contributed by atoms with Gasteiger partial charge in [0.15, 0.2) is 0 Å². The third kappa shape index (κ3) is 2.43. The van der Waals surface area contributed by atoms with E-state index in [-0.39, 0.29) is 0 Å². The maximum atomic E-state index is 6.00. The zero-order valence-electron chi connectivity index (χ0n) is 12.1. The van der Waals surface area contributed by atoms with Crippen molar-refractivity contribution >= 4 is 0 Å². The lowest BCUT2D eigenvalue weighted by molar-refractivity contribution is 0.172. The topological polar surface area (TPSA) is 47.1 Å². The highest BCUT2D eigenvalue weighted by Crippen LogP contribution is 2.48. The van der Waals surface area contributed by atoms with Crippen LogP contribution in [0.3, 0.4) is 0 Å². The molecule has 1 aromatic heterocycles. The Kier molecular flexibility index (Phi) is 3.63. The van der Waals surface area contributed by atoms with Crippen LogP contribution in [-0.4, -0.2) is 34.6 Å². The van der Waals surface area contributed by atoms with Crippen molar-refractivity contribution in [1.29, 1.82) is 0 Å². The molecule has 3 rings (SSSR count). The first kappa shape index (κ1) is 13.1. The van der Waals surface area contributed by atoms with Gasteiger partial charge in [-0.1, -0.05) is 6.42 Å². The van der Waals surface area contributed by atoms with E-state index in [4.69, 9.17) is 5.73 Å². The summed E-state index contributed by atoms with van der Waals surface area (Å²) in [6, 6.07) is 0.298. The molecule has 2 N–H and O–H groups in total. The maximum Gasteiger partial charge on any atom is 0.0946 e. The average Bonchev–Trinajstić information content (AvgIpc) is 3.08. The van der Waals surface area contributed by atoms with Crippen LogP contribution < -0.4 is 5.73 Å². The molecular weight excluding hydrogens is 236 g/mol. The second kappa shape index (κ2) is 5.25. The van der Waals surface area contributed by atoms with Crippen molar-refractivity contribution in [2.24, 2.45) is 30.5 Å². The van der Waals surface area contributed by atoms with Crippen molar-refractivity contribution < 1.29 is 0 Å². The maximum absolute atomic E-state index is 6.00. The van der Waals surface area contributed by atoms with E-state index in [0.29, 0.717) is 12.6 Å². The summed E-state index contributed by atoms with van der Waals surface area (Å²) >= 11 is 0. The smallest absolute Gasteiger partial charge is 0.0946 e. The summed E-state index contributed by atoms with van der Waals surface area (Å²) in [5, 5.41) is 0. The highest BCUT2D eigenvalue weighted by molar-refractivity contribution is 5.06. The van der Waals surface area contributed by atoms with Gasteiger partial charge in [-0.2, -0.15) is 0 Å². The van der Waals surface area contributed by atoms with Crippen LogP contribution in [0.2, 0.25) is 0 Å². The van der Waals surface area contributed by atoms with Crippen LogP contribution in [0.4, 0.5) is 0 Å². The first-order valence-electron chi connectivity index (χ1n) is 7.55. The molecule has 0 amide bonds. The van der Waals surface area contributed by atoms with E-state index in [9.17, 15) is 0 Å². The number of aryl methyl sites for hydroxylation is 1. The van der Waals surface area contributed by atoms with E-state index >= 15 is 0 Å². The number of aromatic nitrogens is 2. The number of nitrogens with two attached hydrogens (primary N) is 1. The van der Waals surface area contributed by atoms with Crippen molar-refractivity contribution in [3.05, 3.63) is 18.2 Å². The Balaban J connectivity index is 1.65. The molecule has 4 atom stereocenters. The lowest BCUT2D eigenvalue weighted by Crippen LogP contribution is -2.36. The number of rotatable bonds is 5. The van der Waals surface area contributed by atoms with E-state index in [1.54, 1.807) is 0 Å². The van der Waals surface area contributed by atoms with Crippen LogP contribution in [0.15, 0.2) is 12.5 Å². The van der Waals surface area contributed by atoms with Crippen molar-refractivity contribution in [2.75, 3.05) is 20.1 Å². The van der Waals surface area contributed by atoms with Gasteiger partial charge >= 0.3 is 0 Å². The van der Waals surface area contributed by atoms with Crippen LogP contribution in [-0.2, 0) is 7.05 Å². The Hall–Kier alpha value is -0.870. The van der Waals surface area contributed by atoms with Gasteiger partial charge in [-0.3, -0.25) is 4.90 Å². The third-order valence-electron chi connectivity index (χ3n) is 5.36. The first-order valence-corrected chi connectivity index (χ1v) is 7.55. The Morgan fingerprint density at radius 1 is 1.47 bits per heavy atom. The van der Waals surface area contributed by atoms with Crippen molar-refractivity contribution in [2.45, 2.75) is 31.7 Å². The predicted octanol–water partition coefficient (Wildman–Crippen LogP) is 1.79. The standard InChI is InChI=1S/C15H26N4/c1-18(9-13-6-11-3-4-12(13)5-11)14(7-16)15-8-17-10-19(15)2/h8,10-14H,3-7,9,16H2,1-2H3. The lowest BCUT2D eigenvalue weighted by Gasteiger charge is -2.32. The molecule has 106 valence electrons. The molecule has 0 saturated heterocycles. The summed E-state index contributed by atoms with van der Waals surface area (Å²) in [4.78, 5) is 6.67. The molecule has 0 spiro atoms. The number of hydrogen-bond donors (Lipinski definition) is 1. The molecule has 4 heteroatoms. The van der Waals surface area contributed by atoms with Gasteiger partial charge in [0.2, 0.25) is 0 Å². The summed E-state index contributed by atoms with van der Waals surface area (Å²) in [6.07, 6.45) is 9.68. The first-order chi connectivity index (χ1) is 9.19. The monoisotopic (exact) mass is 262 g/mol. The van der Waals surface area contributed by atoms with E-state index in [1.165, 1.54) is 37.9 Å². The van der Waals surface area contributed by atoms with Crippen LogP contribution in [0.5, 0.6) is 0 Å². The largest absolute Gasteiger partial charge is 0.336 e. The van der Waals surface area contributed by atoms with Crippen LogP contribution >= 0.6 is 0 Å². The second-order valence-corrected chi connectivity index (χ2v) is 6.56.